The van der Waals surface area contributed by atoms with Gasteiger partial charge in [0.15, 0.2) is 11.2 Å². The normalized spacial score (nSPS) is 15.1. The predicted octanol–water partition coefficient (Wildman–Crippen LogP) is 0.433. The molecule has 0 unspecified atom stereocenters. The molecule has 3 heterocycles. The van der Waals surface area contributed by atoms with Gasteiger partial charge in [-0.1, -0.05) is 18.2 Å². The SMILES string of the molecule is CCOC(=O)N1CCN(C[C@H](Cn2cnc3c2c(=O)n(C)c(=O)n3C)OC(=O)c2ccccc2)CC1. The molecule has 0 spiro atoms. The number of nitrogens with zero attached hydrogens (tertiary/aromatic N) is 6. The molecule has 1 atom stereocenters. The second-order valence-corrected chi connectivity index (χ2v) is 8.65. The zero-order valence-corrected chi connectivity index (χ0v) is 20.6. The molecular weight excluding hydrogens is 468 g/mol. The van der Waals surface area contributed by atoms with Crippen molar-refractivity contribution in [2.75, 3.05) is 39.3 Å². The molecule has 0 saturated carbocycles. The van der Waals surface area contributed by atoms with Crippen LogP contribution >= 0.6 is 0 Å². The number of hydrogen-bond donors (Lipinski definition) is 0. The van der Waals surface area contributed by atoms with E-state index in [1.54, 1.807) is 47.7 Å². The maximum Gasteiger partial charge on any atom is 0.409 e. The van der Waals surface area contributed by atoms with E-state index in [-0.39, 0.29) is 23.8 Å². The number of ether oxygens (including phenoxy) is 2. The highest BCUT2D eigenvalue weighted by molar-refractivity contribution is 5.89. The van der Waals surface area contributed by atoms with E-state index in [0.717, 1.165) is 4.57 Å². The molecule has 12 heteroatoms. The maximum atomic E-state index is 12.9. The Morgan fingerprint density at radius 3 is 2.36 bits per heavy atom. The summed E-state index contributed by atoms with van der Waals surface area (Å²) in [5, 5.41) is 0. The van der Waals surface area contributed by atoms with Crippen molar-refractivity contribution in [1.82, 2.24) is 28.5 Å². The first-order valence-electron chi connectivity index (χ1n) is 11.8. The van der Waals surface area contributed by atoms with Crippen LogP contribution in [0.3, 0.4) is 0 Å². The van der Waals surface area contributed by atoms with Crippen LogP contribution in [0.2, 0.25) is 0 Å². The molecule has 1 aromatic carbocycles. The van der Waals surface area contributed by atoms with Crippen molar-refractivity contribution < 1.29 is 19.1 Å². The third-order valence-electron chi connectivity index (χ3n) is 6.26. The molecule has 0 aliphatic carbocycles. The number of fused-ring (bicyclic) bond motifs is 1. The maximum absolute atomic E-state index is 12.9. The van der Waals surface area contributed by atoms with Gasteiger partial charge < -0.3 is 18.9 Å². The Hall–Kier alpha value is -3.93. The summed E-state index contributed by atoms with van der Waals surface area (Å²) >= 11 is 0. The Bertz CT molecular complexity index is 1350. The van der Waals surface area contributed by atoms with Gasteiger partial charge in [0.1, 0.15) is 6.10 Å². The van der Waals surface area contributed by atoms with E-state index in [1.807, 2.05) is 6.07 Å². The lowest BCUT2D eigenvalue weighted by atomic mass is 10.2. The smallest absolute Gasteiger partial charge is 0.409 e. The summed E-state index contributed by atoms with van der Waals surface area (Å²) in [6, 6.07) is 8.68. The van der Waals surface area contributed by atoms with E-state index in [9.17, 15) is 19.2 Å². The van der Waals surface area contributed by atoms with Crippen LogP contribution < -0.4 is 11.2 Å². The fourth-order valence-electron chi connectivity index (χ4n) is 4.30. The summed E-state index contributed by atoms with van der Waals surface area (Å²) in [5.41, 5.74) is 0.00118. The molecule has 1 amide bonds. The zero-order chi connectivity index (χ0) is 25.8. The summed E-state index contributed by atoms with van der Waals surface area (Å²) in [6.45, 7) is 4.80. The predicted molar refractivity (Wildman–Crippen MR) is 131 cm³/mol. The van der Waals surface area contributed by atoms with Crippen molar-refractivity contribution >= 4 is 23.2 Å². The number of imidazole rings is 1. The van der Waals surface area contributed by atoms with Gasteiger partial charge in [0.05, 0.1) is 25.0 Å². The molecule has 1 aliphatic heterocycles. The number of piperazine rings is 1. The second kappa shape index (κ2) is 10.8. The lowest BCUT2D eigenvalue weighted by molar-refractivity contribution is 0.00949. The van der Waals surface area contributed by atoms with Gasteiger partial charge in [0, 0.05) is 46.8 Å². The minimum absolute atomic E-state index is 0.167. The lowest BCUT2D eigenvalue weighted by Gasteiger charge is -2.35. The third kappa shape index (κ3) is 5.18. The topological polar surface area (TPSA) is 121 Å². The molecule has 4 rings (SSSR count). The average molecular weight is 499 g/mol. The van der Waals surface area contributed by atoms with E-state index >= 15 is 0 Å². The number of rotatable bonds is 7. The molecular formula is C24H30N6O6. The number of hydrogen-bond acceptors (Lipinski definition) is 8. The Morgan fingerprint density at radius 1 is 1.00 bits per heavy atom. The molecule has 2 aromatic heterocycles. The van der Waals surface area contributed by atoms with E-state index in [1.165, 1.54) is 17.9 Å². The number of carbonyl (C=O) groups is 2. The number of aryl methyl sites for hydroxylation is 1. The Labute approximate surface area is 207 Å². The number of aromatic nitrogens is 4. The van der Waals surface area contributed by atoms with Crippen LogP contribution in [0.25, 0.3) is 11.2 Å². The van der Waals surface area contributed by atoms with Crippen LogP contribution in [0.4, 0.5) is 4.79 Å². The first-order valence-corrected chi connectivity index (χ1v) is 11.8. The van der Waals surface area contributed by atoms with E-state index < -0.39 is 23.3 Å². The van der Waals surface area contributed by atoms with Crippen molar-refractivity contribution in [3.05, 3.63) is 63.1 Å². The molecule has 12 nitrogen and oxygen atoms in total. The highest BCUT2D eigenvalue weighted by Crippen LogP contribution is 2.13. The quantitative estimate of drug-likeness (QED) is 0.430. The molecule has 1 fully saturated rings. The van der Waals surface area contributed by atoms with Crippen molar-refractivity contribution in [2.45, 2.75) is 19.6 Å². The van der Waals surface area contributed by atoms with Crippen LogP contribution in [0.15, 0.2) is 46.2 Å². The monoisotopic (exact) mass is 498 g/mol. The lowest BCUT2D eigenvalue weighted by Crippen LogP contribution is -2.51. The van der Waals surface area contributed by atoms with Crippen molar-refractivity contribution in [3.8, 4) is 0 Å². The van der Waals surface area contributed by atoms with Crippen molar-refractivity contribution in [2.24, 2.45) is 14.1 Å². The highest BCUT2D eigenvalue weighted by atomic mass is 16.6. The van der Waals surface area contributed by atoms with Crippen LogP contribution in [0.1, 0.15) is 17.3 Å². The summed E-state index contributed by atoms with van der Waals surface area (Å²) in [4.78, 5) is 58.1. The molecule has 192 valence electrons. The van der Waals surface area contributed by atoms with Gasteiger partial charge >= 0.3 is 17.8 Å². The van der Waals surface area contributed by atoms with E-state index in [0.29, 0.717) is 44.9 Å². The van der Waals surface area contributed by atoms with Crippen LogP contribution in [-0.2, 0) is 30.1 Å². The molecule has 0 bridgehead atoms. The first kappa shape index (κ1) is 25.2. The number of amides is 1. The second-order valence-electron chi connectivity index (χ2n) is 8.65. The molecule has 36 heavy (non-hydrogen) atoms. The molecule has 1 aliphatic rings. The van der Waals surface area contributed by atoms with Gasteiger partial charge in [-0.15, -0.1) is 0 Å². The largest absolute Gasteiger partial charge is 0.456 e. The Balaban J connectivity index is 1.56. The van der Waals surface area contributed by atoms with Gasteiger partial charge in [-0.25, -0.2) is 19.4 Å². The van der Waals surface area contributed by atoms with Crippen LogP contribution in [-0.4, -0.2) is 86.0 Å². The summed E-state index contributed by atoms with van der Waals surface area (Å²) < 4.78 is 14.9. The number of esters is 1. The average Bonchev–Trinajstić information content (AvgIpc) is 3.30. The Morgan fingerprint density at radius 2 is 1.69 bits per heavy atom. The fraction of sp³-hybridized carbons (Fsp3) is 0.458. The van der Waals surface area contributed by atoms with Crippen molar-refractivity contribution in [3.63, 3.8) is 0 Å². The Kier molecular flexibility index (Phi) is 7.53. The van der Waals surface area contributed by atoms with Gasteiger partial charge in [0.2, 0.25) is 0 Å². The van der Waals surface area contributed by atoms with Gasteiger partial charge in [-0.2, -0.15) is 0 Å². The summed E-state index contributed by atoms with van der Waals surface area (Å²) in [5.74, 6) is -0.476. The standard InChI is InChI=1S/C24H30N6O6/c1-4-35-24(34)29-12-10-28(11-13-29)14-18(36-22(32)17-8-6-5-7-9-17)15-30-16-25-20-19(30)21(31)27(3)23(33)26(20)2/h5-9,16,18H,4,10-15H2,1-3H3/t18-/m1/s1. The van der Waals surface area contributed by atoms with Crippen LogP contribution in [0.5, 0.6) is 0 Å². The zero-order valence-electron chi connectivity index (χ0n) is 20.6. The van der Waals surface area contributed by atoms with Crippen molar-refractivity contribution in [1.29, 1.82) is 0 Å². The fourth-order valence-corrected chi connectivity index (χ4v) is 4.30. The summed E-state index contributed by atoms with van der Waals surface area (Å²) in [7, 11) is 2.97. The third-order valence-corrected chi connectivity index (χ3v) is 6.26. The van der Waals surface area contributed by atoms with E-state index in [2.05, 4.69) is 9.88 Å². The number of benzene rings is 1. The highest BCUT2D eigenvalue weighted by Gasteiger charge is 2.27. The van der Waals surface area contributed by atoms with Crippen LogP contribution in [0, 0.1) is 0 Å². The van der Waals surface area contributed by atoms with Gasteiger partial charge in [-0.05, 0) is 19.1 Å². The molecule has 3 aromatic rings. The van der Waals surface area contributed by atoms with Gasteiger partial charge in [0.25, 0.3) is 5.56 Å². The summed E-state index contributed by atoms with van der Waals surface area (Å²) in [6.07, 6.45) is 0.523. The van der Waals surface area contributed by atoms with E-state index in [4.69, 9.17) is 9.47 Å². The molecule has 1 saturated heterocycles. The molecule has 0 N–H and O–H groups in total. The number of carbonyl (C=O) groups excluding carboxylic acids is 2. The van der Waals surface area contributed by atoms with Gasteiger partial charge in [-0.3, -0.25) is 18.8 Å². The minimum Gasteiger partial charge on any atom is -0.456 e. The minimum atomic E-state index is -0.619. The molecule has 0 radical (unpaired) electrons. The first-order chi connectivity index (χ1) is 17.3.